The Kier molecular flexibility index (Phi) is 3.17. The van der Waals surface area contributed by atoms with Gasteiger partial charge < -0.3 is 5.32 Å². The SMILES string of the molecule is O=C1CN(c2cc(Cl)ccc2F)C(=O)C2(CCCC2)N1. The molecule has 6 heteroatoms. The van der Waals surface area contributed by atoms with Crippen molar-refractivity contribution in [2.24, 2.45) is 0 Å². The van der Waals surface area contributed by atoms with Crippen molar-refractivity contribution in [3.05, 3.63) is 29.0 Å². The molecule has 1 aromatic rings. The minimum Gasteiger partial charge on any atom is -0.340 e. The van der Waals surface area contributed by atoms with Gasteiger partial charge in [-0.3, -0.25) is 14.5 Å². The summed E-state index contributed by atoms with van der Waals surface area (Å²) in [5, 5.41) is 3.12. The van der Waals surface area contributed by atoms with Crippen LogP contribution in [-0.2, 0) is 9.59 Å². The lowest BCUT2D eigenvalue weighted by atomic mass is 9.92. The molecule has 1 spiro atoms. The van der Waals surface area contributed by atoms with Crippen LogP contribution in [0.25, 0.3) is 0 Å². The van der Waals surface area contributed by atoms with Crippen LogP contribution in [0.15, 0.2) is 18.2 Å². The van der Waals surface area contributed by atoms with Gasteiger partial charge >= 0.3 is 0 Å². The number of rotatable bonds is 1. The van der Waals surface area contributed by atoms with Gasteiger partial charge in [0.15, 0.2) is 0 Å². The second-order valence-electron chi connectivity index (χ2n) is 5.32. The van der Waals surface area contributed by atoms with Crippen LogP contribution < -0.4 is 10.2 Å². The van der Waals surface area contributed by atoms with Crippen LogP contribution in [0.1, 0.15) is 25.7 Å². The number of hydrogen-bond donors (Lipinski definition) is 1. The Bertz CT molecular complexity index is 585. The zero-order valence-electron chi connectivity index (χ0n) is 10.8. The second kappa shape index (κ2) is 4.74. The van der Waals surface area contributed by atoms with Gasteiger partial charge in [0.1, 0.15) is 17.9 Å². The number of hydrogen-bond acceptors (Lipinski definition) is 2. The quantitative estimate of drug-likeness (QED) is 0.864. The summed E-state index contributed by atoms with van der Waals surface area (Å²) < 4.78 is 13.9. The van der Waals surface area contributed by atoms with Crippen molar-refractivity contribution >= 4 is 29.1 Å². The third-order valence-electron chi connectivity index (χ3n) is 3.99. The molecule has 106 valence electrons. The Labute approximate surface area is 120 Å². The van der Waals surface area contributed by atoms with Crippen molar-refractivity contribution in [2.75, 3.05) is 11.4 Å². The molecular formula is C14H14ClFN2O2. The van der Waals surface area contributed by atoms with E-state index in [-0.39, 0.29) is 24.0 Å². The van der Waals surface area contributed by atoms with Crippen LogP contribution in [0.2, 0.25) is 5.02 Å². The molecule has 0 aromatic heterocycles. The third-order valence-corrected chi connectivity index (χ3v) is 4.23. The molecule has 2 aliphatic rings. The van der Waals surface area contributed by atoms with Gasteiger partial charge in [-0.2, -0.15) is 0 Å². The van der Waals surface area contributed by atoms with Crippen molar-refractivity contribution in [2.45, 2.75) is 31.2 Å². The number of halogens is 2. The summed E-state index contributed by atoms with van der Waals surface area (Å²) in [5.74, 6) is -1.05. The highest BCUT2D eigenvalue weighted by Crippen LogP contribution is 2.36. The molecular weight excluding hydrogens is 283 g/mol. The molecule has 1 aliphatic heterocycles. The van der Waals surface area contributed by atoms with E-state index >= 15 is 0 Å². The number of benzene rings is 1. The highest BCUT2D eigenvalue weighted by atomic mass is 35.5. The summed E-state index contributed by atoms with van der Waals surface area (Å²) in [6.45, 7) is -0.169. The van der Waals surface area contributed by atoms with E-state index in [1.165, 1.54) is 23.1 Å². The summed E-state index contributed by atoms with van der Waals surface area (Å²) >= 11 is 5.87. The summed E-state index contributed by atoms with van der Waals surface area (Å²) in [4.78, 5) is 25.8. The standard InChI is InChI=1S/C14H14ClFN2O2/c15-9-3-4-10(16)11(7-9)18-8-12(19)17-14(13(18)20)5-1-2-6-14/h3-4,7H,1-2,5-6,8H2,(H,17,19). The van der Waals surface area contributed by atoms with Crippen LogP contribution in [0.3, 0.4) is 0 Å². The van der Waals surface area contributed by atoms with Gasteiger partial charge in [0, 0.05) is 5.02 Å². The maximum Gasteiger partial charge on any atom is 0.253 e. The highest BCUT2D eigenvalue weighted by Gasteiger charge is 2.49. The zero-order chi connectivity index (χ0) is 14.3. The van der Waals surface area contributed by atoms with Crippen LogP contribution in [0.4, 0.5) is 10.1 Å². The van der Waals surface area contributed by atoms with Gasteiger partial charge in [-0.05, 0) is 31.0 Å². The molecule has 0 unspecified atom stereocenters. The van der Waals surface area contributed by atoms with Gasteiger partial charge in [-0.15, -0.1) is 0 Å². The fourth-order valence-corrected chi connectivity index (χ4v) is 3.20. The van der Waals surface area contributed by atoms with E-state index in [4.69, 9.17) is 11.6 Å². The molecule has 0 atom stereocenters. The predicted molar refractivity (Wildman–Crippen MR) is 73.1 cm³/mol. The fourth-order valence-electron chi connectivity index (χ4n) is 3.04. The zero-order valence-corrected chi connectivity index (χ0v) is 11.5. The van der Waals surface area contributed by atoms with Crippen molar-refractivity contribution in [1.29, 1.82) is 0 Å². The van der Waals surface area contributed by atoms with E-state index in [2.05, 4.69) is 5.32 Å². The molecule has 2 fully saturated rings. The Hall–Kier alpha value is -1.62. The number of anilines is 1. The van der Waals surface area contributed by atoms with Gasteiger partial charge in [0.2, 0.25) is 5.91 Å². The molecule has 4 nitrogen and oxygen atoms in total. The van der Waals surface area contributed by atoms with Crippen molar-refractivity contribution in [1.82, 2.24) is 5.32 Å². The Balaban J connectivity index is 2.02. The van der Waals surface area contributed by atoms with E-state index in [9.17, 15) is 14.0 Å². The summed E-state index contributed by atoms with van der Waals surface area (Å²) in [6, 6.07) is 4.01. The molecule has 1 saturated heterocycles. The van der Waals surface area contributed by atoms with E-state index in [1.807, 2.05) is 0 Å². The Morgan fingerprint density at radius 1 is 1.25 bits per heavy atom. The van der Waals surface area contributed by atoms with Gasteiger partial charge in [-0.1, -0.05) is 24.4 Å². The average molecular weight is 297 g/mol. The van der Waals surface area contributed by atoms with Gasteiger partial charge in [0.05, 0.1) is 5.69 Å². The Morgan fingerprint density at radius 2 is 1.95 bits per heavy atom. The first-order valence-corrected chi connectivity index (χ1v) is 6.98. The number of amides is 2. The first-order chi connectivity index (χ1) is 9.52. The molecule has 1 saturated carbocycles. The lowest BCUT2D eigenvalue weighted by molar-refractivity contribution is -0.135. The van der Waals surface area contributed by atoms with Crippen molar-refractivity contribution in [3.63, 3.8) is 0 Å². The minimum absolute atomic E-state index is 0.0728. The molecule has 3 rings (SSSR count). The minimum atomic E-state index is -0.857. The average Bonchev–Trinajstić information content (AvgIpc) is 2.86. The van der Waals surface area contributed by atoms with Crippen molar-refractivity contribution < 1.29 is 14.0 Å². The molecule has 1 heterocycles. The summed E-state index contributed by atoms with van der Waals surface area (Å²) in [6.07, 6.45) is 2.99. The smallest absolute Gasteiger partial charge is 0.253 e. The predicted octanol–water partition coefficient (Wildman–Crippen LogP) is 2.25. The Morgan fingerprint density at radius 3 is 2.65 bits per heavy atom. The second-order valence-corrected chi connectivity index (χ2v) is 5.76. The molecule has 1 aromatic carbocycles. The van der Waals surface area contributed by atoms with Gasteiger partial charge in [-0.25, -0.2) is 4.39 Å². The van der Waals surface area contributed by atoms with E-state index in [0.29, 0.717) is 17.9 Å². The highest BCUT2D eigenvalue weighted by molar-refractivity contribution is 6.31. The topological polar surface area (TPSA) is 49.4 Å². The van der Waals surface area contributed by atoms with Crippen LogP contribution in [0, 0.1) is 5.82 Å². The summed E-state index contributed by atoms with van der Waals surface area (Å²) in [5.41, 5.74) is -0.784. The largest absolute Gasteiger partial charge is 0.340 e. The van der Waals surface area contributed by atoms with E-state index < -0.39 is 11.4 Å². The maximum absolute atomic E-state index is 13.9. The lowest BCUT2D eigenvalue weighted by Gasteiger charge is -2.39. The lowest BCUT2D eigenvalue weighted by Crippen LogP contribution is -2.65. The number of nitrogens with zero attached hydrogens (tertiary/aromatic N) is 1. The van der Waals surface area contributed by atoms with Crippen LogP contribution in [0.5, 0.6) is 0 Å². The van der Waals surface area contributed by atoms with Gasteiger partial charge in [0.25, 0.3) is 5.91 Å². The third kappa shape index (κ3) is 2.06. The molecule has 0 bridgehead atoms. The maximum atomic E-state index is 13.9. The number of carbonyl (C=O) groups is 2. The first-order valence-electron chi connectivity index (χ1n) is 6.60. The molecule has 2 amide bonds. The normalized spacial score (nSPS) is 21.4. The van der Waals surface area contributed by atoms with E-state index in [0.717, 1.165) is 12.8 Å². The summed E-state index contributed by atoms with van der Waals surface area (Å²) in [7, 11) is 0. The first kappa shape index (κ1) is 13.4. The van der Waals surface area contributed by atoms with Crippen LogP contribution in [-0.4, -0.2) is 23.9 Å². The van der Waals surface area contributed by atoms with Crippen molar-refractivity contribution in [3.8, 4) is 0 Å². The fraction of sp³-hybridized carbons (Fsp3) is 0.429. The van der Waals surface area contributed by atoms with Crippen LogP contribution >= 0.6 is 11.6 Å². The molecule has 0 radical (unpaired) electrons. The van der Waals surface area contributed by atoms with E-state index in [1.54, 1.807) is 0 Å². The molecule has 1 aliphatic carbocycles. The monoisotopic (exact) mass is 296 g/mol. The number of carbonyl (C=O) groups excluding carboxylic acids is 2. The number of piperazine rings is 1. The molecule has 20 heavy (non-hydrogen) atoms. The molecule has 1 N–H and O–H groups in total. The number of nitrogens with one attached hydrogen (secondary N) is 1.